The van der Waals surface area contributed by atoms with Crippen LogP contribution in [0, 0.1) is 6.92 Å². The van der Waals surface area contributed by atoms with Crippen LogP contribution in [0.5, 0.6) is 0 Å². The van der Waals surface area contributed by atoms with Crippen molar-refractivity contribution in [2.45, 2.75) is 19.4 Å². The summed E-state index contributed by atoms with van der Waals surface area (Å²) in [5, 5.41) is 7.56. The predicted octanol–water partition coefficient (Wildman–Crippen LogP) is 2.04. The fourth-order valence-corrected chi connectivity index (χ4v) is 2.65. The lowest BCUT2D eigenvalue weighted by atomic mass is 10.1. The summed E-state index contributed by atoms with van der Waals surface area (Å²) in [5.41, 5.74) is 2.80. The largest absolute Gasteiger partial charge is 0.337 e. The molecule has 1 aromatic heterocycles. The van der Waals surface area contributed by atoms with E-state index in [0.29, 0.717) is 6.04 Å². The summed E-state index contributed by atoms with van der Waals surface area (Å²) in [7, 11) is 1.88. The van der Waals surface area contributed by atoms with E-state index in [1.165, 1.54) is 0 Å². The molecule has 2 aromatic rings. The Balaban J connectivity index is 0.00000176. The van der Waals surface area contributed by atoms with Crippen molar-refractivity contribution in [1.82, 2.24) is 20.0 Å². The van der Waals surface area contributed by atoms with Crippen LogP contribution in [-0.2, 0) is 0 Å². The third kappa shape index (κ3) is 3.31. The molecule has 6 heteroatoms. The van der Waals surface area contributed by atoms with Crippen LogP contribution in [0.15, 0.2) is 36.7 Å². The van der Waals surface area contributed by atoms with E-state index in [2.05, 4.69) is 10.4 Å². The van der Waals surface area contributed by atoms with Gasteiger partial charge >= 0.3 is 0 Å². The van der Waals surface area contributed by atoms with Crippen molar-refractivity contribution in [1.29, 1.82) is 0 Å². The summed E-state index contributed by atoms with van der Waals surface area (Å²) >= 11 is 0. The number of carbonyl (C=O) groups is 1. The maximum atomic E-state index is 12.5. The molecule has 1 N–H and O–H groups in total. The first-order chi connectivity index (χ1) is 10.1. The van der Waals surface area contributed by atoms with Crippen LogP contribution >= 0.6 is 12.4 Å². The van der Waals surface area contributed by atoms with E-state index in [9.17, 15) is 4.79 Å². The highest BCUT2D eigenvalue weighted by Crippen LogP contribution is 2.14. The van der Waals surface area contributed by atoms with E-state index >= 15 is 0 Å². The van der Waals surface area contributed by atoms with E-state index < -0.39 is 0 Å². The van der Waals surface area contributed by atoms with Gasteiger partial charge in [0.15, 0.2) is 0 Å². The number of benzene rings is 1. The molecule has 1 aliphatic rings. The van der Waals surface area contributed by atoms with Crippen LogP contribution < -0.4 is 5.32 Å². The van der Waals surface area contributed by atoms with Crippen LogP contribution in [0.4, 0.5) is 0 Å². The van der Waals surface area contributed by atoms with Gasteiger partial charge in [0.05, 0.1) is 11.9 Å². The molecule has 0 spiro atoms. The molecule has 0 bridgehead atoms. The zero-order valence-corrected chi connectivity index (χ0v) is 13.6. The van der Waals surface area contributed by atoms with E-state index in [1.807, 2.05) is 60.2 Å². The van der Waals surface area contributed by atoms with Gasteiger partial charge in [-0.1, -0.05) is 0 Å². The lowest BCUT2D eigenvalue weighted by molar-refractivity contribution is 0.0744. The Morgan fingerprint density at radius 3 is 2.64 bits per heavy atom. The molecular formula is C16H21ClN4O. The number of aryl methyl sites for hydroxylation is 1. The number of rotatable bonds is 3. The SMILES string of the molecule is Cc1cnn(-c2ccc(C(=O)N(C)C3CCNC3)cc2)c1.Cl. The smallest absolute Gasteiger partial charge is 0.253 e. The summed E-state index contributed by atoms with van der Waals surface area (Å²) in [4.78, 5) is 14.3. The molecule has 1 fully saturated rings. The van der Waals surface area contributed by atoms with Crippen molar-refractivity contribution in [2.75, 3.05) is 20.1 Å². The Bertz CT molecular complexity index is 632. The van der Waals surface area contributed by atoms with Crippen LogP contribution in [-0.4, -0.2) is 46.8 Å². The summed E-state index contributed by atoms with van der Waals surface area (Å²) in [5.74, 6) is 0.0758. The minimum absolute atomic E-state index is 0. The first kappa shape index (κ1) is 16.5. The van der Waals surface area contributed by atoms with Crippen molar-refractivity contribution in [2.24, 2.45) is 0 Å². The predicted molar refractivity (Wildman–Crippen MR) is 88.9 cm³/mol. The van der Waals surface area contributed by atoms with Gasteiger partial charge in [0.2, 0.25) is 0 Å². The van der Waals surface area contributed by atoms with Crippen molar-refractivity contribution in [3.05, 3.63) is 47.8 Å². The first-order valence-corrected chi connectivity index (χ1v) is 7.25. The van der Waals surface area contributed by atoms with Gasteiger partial charge in [-0.3, -0.25) is 4.79 Å². The Morgan fingerprint density at radius 2 is 2.09 bits per heavy atom. The Hall–Kier alpha value is -1.85. The molecule has 1 aromatic carbocycles. The minimum Gasteiger partial charge on any atom is -0.337 e. The lowest BCUT2D eigenvalue weighted by Crippen LogP contribution is -2.38. The third-order valence-corrected chi connectivity index (χ3v) is 3.99. The molecule has 1 atom stereocenters. The van der Waals surface area contributed by atoms with E-state index in [1.54, 1.807) is 0 Å². The second-order valence-electron chi connectivity index (χ2n) is 5.57. The molecule has 118 valence electrons. The van der Waals surface area contributed by atoms with E-state index in [0.717, 1.165) is 36.3 Å². The number of hydrogen-bond acceptors (Lipinski definition) is 3. The summed E-state index contributed by atoms with van der Waals surface area (Å²) < 4.78 is 1.81. The molecule has 1 amide bonds. The molecule has 1 saturated heterocycles. The normalized spacial score (nSPS) is 17.1. The van der Waals surface area contributed by atoms with Crippen molar-refractivity contribution < 1.29 is 4.79 Å². The number of amides is 1. The van der Waals surface area contributed by atoms with Crippen molar-refractivity contribution in [3.63, 3.8) is 0 Å². The average Bonchev–Trinajstić information content (AvgIpc) is 3.17. The maximum absolute atomic E-state index is 12.5. The van der Waals surface area contributed by atoms with E-state index in [4.69, 9.17) is 0 Å². The van der Waals surface area contributed by atoms with Crippen LogP contribution in [0.3, 0.4) is 0 Å². The zero-order chi connectivity index (χ0) is 14.8. The monoisotopic (exact) mass is 320 g/mol. The average molecular weight is 321 g/mol. The van der Waals surface area contributed by atoms with Gasteiger partial charge in [-0.05, 0) is 49.7 Å². The standard InChI is InChI=1S/C16H20N4O.ClH/c1-12-9-18-20(11-12)14-5-3-13(4-6-14)16(21)19(2)15-7-8-17-10-15;/h3-6,9,11,15,17H,7-8,10H2,1-2H3;1H. The summed E-state index contributed by atoms with van der Waals surface area (Å²) in [6.07, 6.45) is 4.81. The van der Waals surface area contributed by atoms with Crippen molar-refractivity contribution >= 4 is 18.3 Å². The van der Waals surface area contributed by atoms with Gasteiger partial charge in [0, 0.05) is 31.4 Å². The Kier molecular flexibility index (Phi) is 5.21. The fraction of sp³-hybridized carbons (Fsp3) is 0.375. The minimum atomic E-state index is 0. The molecule has 5 nitrogen and oxygen atoms in total. The number of nitrogens with zero attached hydrogens (tertiary/aromatic N) is 3. The molecule has 0 saturated carbocycles. The summed E-state index contributed by atoms with van der Waals surface area (Å²) in [6.45, 7) is 3.87. The maximum Gasteiger partial charge on any atom is 0.253 e. The molecule has 1 aliphatic heterocycles. The highest BCUT2D eigenvalue weighted by Gasteiger charge is 2.23. The van der Waals surface area contributed by atoms with Gasteiger partial charge in [-0.25, -0.2) is 4.68 Å². The second-order valence-corrected chi connectivity index (χ2v) is 5.57. The zero-order valence-electron chi connectivity index (χ0n) is 12.8. The fourth-order valence-electron chi connectivity index (χ4n) is 2.65. The second kappa shape index (κ2) is 6.94. The van der Waals surface area contributed by atoms with Gasteiger partial charge < -0.3 is 10.2 Å². The molecular weight excluding hydrogens is 300 g/mol. The number of carbonyl (C=O) groups excluding carboxylic acids is 1. The van der Waals surface area contributed by atoms with Gasteiger partial charge in [0.1, 0.15) is 0 Å². The van der Waals surface area contributed by atoms with E-state index in [-0.39, 0.29) is 18.3 Å². The molecule has 0 aliphatic carbocycles. The van der Waals surface area contributed by atoms with Crippen LogP contribution in [0.1, 0.15) is 22.3 Å². The van der Waals surface area contributed by atoms with Crippen molar-refractivity contribution in [3.8, 4) is 5.69 Å². The summed E-state index contributed by atoms with van der Waals surface area (Å²) in [6, 6.07) is 7.90. The molecule has 1 unspecified atom stereocenters. The highest BCUT2D eigenvalue weighted by molar-refractivity contribution is 5.94. The number of likely N-dealkylation sites (N-methyl/N-ethyl adjacent to an activating group) is 1. The van der Waals surface area contributed by atoms with Crippen LogP contribution in [0.2, 0.25) is 0 Å². The van der Waals surface area contributed by atoms with Gasteiger partial charge in [-0.2, -0.15) is 5.10 Å². The number of nitrogens with one attached hydrogen (secondary N) is 1. The number of halogens is 1. The highest BCUT2D eigenvalue weighted by atomic mass is 35.5. The van der Waals surface area contributed by atoms with Crippen LogP contribution in [0.25, 0.3) is 5.69 Å². The Labute approximate surface area is 136 Å². The quantitative estimate of drug-likeness (QED) is 0.941. The lowest BCUT2D eigenvalue weighted by Gasteiger charge is -2.23. The number of aromatic nitrogens is 2. The third-order valence-electron chi connectivity index (χ3n) is 3.99. The Morgan fingerprint density at radius 1 is 1.36 bits per heavy atom. The number of hydrogen-bond donors (Lipinski definition) is 1. The van der Waals surface area contributed by atoms with Gasteiger partial charge in [0.25, 0.3) is 5.91 Å². The molecule has 3 rings (SSSR count). The topological polar surface area (TPSA) is 50.2 Å². The van der Waals surface area contributed by atoms with Gasteiger partial charge in [-0.15, -0.1) is 12.4 Å². The molecule has 0 radical (unpaired) electrons. The molecule has 2 heterocycles. The molecule has 22 heavy (non-hydrogen) atoms. The first-order valence-electron chi connectivity index (χ1n) is 7.25.